The van der Waals surface area contributed by atoms with E-state index >= 15 is 0 Å². The average Bonchev–Trinajstić information content (AvgIpc) is 2.80. The number of amides is 1. The topological polar surface area (TPSA) is 104 Å². The Morgan fingerprint density at radius 2 is 2.33 bits per heavy atom. The molecular formula is C13H14N4O3S. The molecule has 0 bridgehead atoms. The summed E-state index contributed by atoms with van der Waals surface area (Å²) in [7, 11) is 0. The van der Waals surface area contributed by atoms with Crippen molar-refractivity contribution in [3.8, 4) is 0 Å². The first-order valence-electron chi connectivity index (χ1n) is 6.59. The van der Waals surface area contributed by atoms with Gasteiger partial charge in [-0.15, -0.1) is 11.3 Å². The Kier molecular flexibility index (Phi) is 3.46. The second-order valence-corrected chi connectivity index (χ2v) is 5.89. The van der Waals surface area contributed by atoms with Crippen LogP contribution in [0.5, 0.6) is 0 Å². The number of aromatic carboxylic acids is 1. The van der Waals surface area contributed by atoms with E-state index < -0.39 is 5.97 Å². The van der Waals surface area contributed by atoms with Crippen molar-refractivity contribution in [2.24, 2.45) is 0 Å². The summed E-state index contributed by atoms with van der Waals surface area (Å²) in [4.78, 5) is 32.2. The zero-order valence-corrected chi connectivity index (χ0v) is 12.2. The van der Waals surface area contributed by atoms with Gasteiger partial charge in [-0.3, -0.25) is 4.79 Å². The molecule has 1 amide bonds. The first kappa shape index (κ1) is 13.7. The maximum atomic E-state index is 11.8. The van der Waals surface area contributed by atoms with Crippen LogP contribution in [0.1, 0.15) is 28.1 Å². The van der Waals surface area contributed by atoms with E-state index in [1.807, 2.05) is 0 Å². The van der Waals surface area contributed by atoms with Crippen LogP contribution in [0.2, 0.25) is 0 Å². The van der Waals surface area contributed by atoms with Crippen molar-refractivity contribution >= 4 is 39.2 Å². The van der Waals surface area contributed by atoms with Crippen molar-refractivity contribution in [3.05, 3.63) is 16.8 Å². The highest BCUT2D eigenvalue weighted by Gasteiger charge is 2.24. The van der Waals surface area contributed by atoms with Gasteiger partial charge in [0.2, 0.25) is 5.91 Å². The van der Waals surface area contributed by atoms with Gasteiger partial charge in [0.1, 0.15) is 27.9 Å². The molecule has 110 valence electrons. The van der Waals surface area contributed by atoms with Gasteiger partial charge in [-0.2, -0.15) is 0 Å². The zero-order chi connectivity index (χ0) is 15.0. The van der Waals surface area contributed by atoms with Gasteiger partial charge >= 0.3 is 5.97 Å². The highest BCUT2D eigenvalue weighted by atomic mass is 32.1. The summed E-state index contributed by atoms with van der Waals surface area (Å²) in [6.07, 6.45) is 3.01. The second-order valence-electron chi connectivity index (χ2n) is 4.89. The van der Waals surface area contributed by atoms with Crippen molar-refractivity contribution in [1.29, 1.82) is 0 Å². The standard InChI is InChI=1S/C13H14N4O3S/c1-6-8-10(17-7-3-2-4-14-11(7)18)15-5-16-12(8)21-9(6)13(19)20/h5,7H,2-4H2,1H3,(H,14,18)(H,19,20)(H,15,16,17). The fourth-order valence-electron chi connectivity index (χ4n) is 2.46. The van der Waals surface area contributed by atoms with Crippen molar-refractivity contribution in [2.45, 2.75) is 25.8 Å². The Morgan fingerprint density at radius 3 is 3.05 bits per heavy atom. The van der Waals surface area contributed by atoms with Gasteiger partial charge < -0.3 is 15.7 Å². The molecule has 8 heteroatoms. The summed E-state index contributed by atoms with van der Waals surface area (Å²) in [5, 5.41) is 15.8. The predicted octanol–water partition coefficient (Wildman–Crippen LogP) is 1.39. The van der Waals surface area contributed by atoms with E-state index in [9.17, 15) is 14.7 Å². The lowest BCUT2D eigenvalue weighted by molar-refractivity contribution is -0.123. The van der Waals surface area contributed by atoms with E-state index in [2.05, 4.69) is 20.6 Å². The first-order valence-corrected chi connectivity index (χ1v) is 7.41. The molecule has 0 radical (unpaired) electrons. The maximum Gasteiger partial charge on any atom is 0.346 e. The molecule has 1 unspecified atom stereocenters. The number of thiophene rings is 1. The number of nitrogens with zero attached hydrogens (tertiary/aromatic N) is 2. The van der Waals surface area contributed by atoms with E-state index in [1.165, 1.54) is 6.33 Å². The average molecular weight is 306 g/mol. The molecule has 7 nitrogen and oxygen atoms in total. The molecule has 1 aliphatic rings. The Labute approximate surface area is 124 Å². The lowest BCUT2D eigenvalue weighted by atomic mass is 10.1. The number of rotatable bonds is 3. The highest BCUT2D eigenvalue weighted by Crippen LogP contribution is 2.33. The molecule has 21 heavy (non-hydrogen) atoms. The van der Waals surface area contributed by atoms with Crippen LogP contribution in [0.3, 0.4) is 0 Å². The first-order chi connectivity index (χ1) is 10.1. The number of hydrogen-bond acceptors (Lipinski definition) is 6. The van der Waals surface area contributed by atoms with Crippen LogP contribution in [-0.4, -0.2) is 39.5 Å². The lowest BCUT2D eigenvalue weighted by Crippen LogP contribution is -2.44. The number of piperidine rings is 1. The van der Waals surface area contributed by atoms with Gasteiger partial charge in [0.25, 0.3) is 0 Å². The number of carbonyl (C=O) groups excluding carboxylic acids is 1. The number of carbonyl (C=O) groups is 2. The molecule has 1 saturated heterocycles. The van der Waals surface area contributed by atoms with E-state index in [1.54, 1.807) is 6.92 Å². The van der Waals surface area contributed by atoms with Crippen LogP contribution in [0.4, 0.5) is 5.82 Å². The minimum Gasteiger partial charge on any atom is -0.477 e. The Hall–Kier alpha value is -2.22. The van der Waals surface area contributed by atoms with Crippen LogP contribution in [0.25, 0.3) is 10.2 Å². The molecule has 2 aromatic rings. The molecule has 3 heterocycles. The molecule has 0 spiro atoms. The number of hydrogen-bond donors (Lipinski definition) is 3. The lowest BCUT2D eigenvalue weighted by Gasteiger charge is -2.23. The van der Waals surface area contributed by atoms with Crippen LogP contribution in [0.15, 0.2) is 6.33 Å². The second kappa shape index (κ2) is 5.28. The summed E-state index contributed by atoms with van der Waals surface area (Å²) >= 11 is 1.12. The summed E-state index contributed by atoms with van der Waals surface area (Å²) in [6, 6.07) is -0.343. The number of anilines is 1. The molecular weight excluding hydrogens is 292 g/mol. The number of aromatic nitrogens is 2. The van der Waals surface area contributed by atoms with Gasteiger partial charge in [0, 0.05) is 6.54 Å². The van der Waals surface area contributed by atoms with Gasteiger partial charge in [-0.05, 0) is 25.3 Å². The fourth-order valence-corrected chi connectivity index (χ4v) is 3.45. The Balaban J connectivity index is 2.02. The number of nitrogens with one attached hydrogen (secondary N) is 2. The van der Waals surface area contributed by atoms with E-state index in [0.717, 1.165) is 24.2 Å². The van der Waals surface area contributed by atoms with E-state index in [4.69, 9.17) is 0 Å². The fraction of sp³-hybridized carbons (Fsp3) is 0.385. The monoisotopic (exact) mass is 306 g/mol. The SMILES string of the molecule is Cc1c(C(=O)O)sc2ncnc(NC3CCCNC3=O)c12. The number of carboxylic acid groups (broad SMARTS) is 1. The predicted molar refractivity (Wildman–Crippen MR) is 78.8 cm³/mol. The molecule has 3 N–H and O–H groups in total. The van der Waals surface area contributed by atoms with Crippen molar-refractivity contribution in [3.63, 3.8) is 0 Å². The number of carboxylic acids is 1. The largest absolute Gasteiger partial charge is 0.477 e. The molecule has 0 aromatic carbocycles. The molecule has 1 aliphatic heterocycles. The minimum absolute atomic E-state index is 0.0562. The molecule has 1 fully saturated rings. The van der Waals surface area contributed by atoms with E-state index in [-0.39, 0.29) is 16.8 Å². The van der Waals surface area contributed by atoms with Gasteiger partial charge in [0.15, 0.2) is 0 Å². The van der Waals surface area contributed by atoms with Crippen LogP contribution in [0, 0.1) is 6.92 Å². The van der Waals surface area contributed by atoms with Gasteiger partial charge in [-0.25, -0.2) is 14.8 Å². The summed E-state index contributed by atoms with van der Waals surface area (Å²) in [6.45, 7) is 2.43. The normalized spacial score (nSPS) is 18.5. The minimum atomic E-state index is -0.975. The molecule has 1 atom stereocenters. The summed E-state index contributed by atoms with van der Waals surface area (Å²) < 4.78 is 0. The third kappa shape index (κ3) is 2.42. The maximum absolute atomic E-state index is 11.8. The van der Waals surface area contributed by atoms with Crippen molar-refractivity contribution in [1.82, 2.24) is 15.3 Å². The third-order valence-corrected chi connectivity index (χ3v) is 4.71. The molecule has 2 aromatic heterocycles. The van der Waals surface area contributed by atoms with Gasteiger partial charge in [0.05, 0.1) is 5.39 Å². The quantitative estimate of drug-likeness (QED) is 0.791. The van der Waals surface area contributed by atoms with E-state index in [0.29, 0.717) is 28.1 Å². The zero-order valence-electron chi connectivity index (χ0n) is 11.3. The van der Waals surface area contributed by atoms with Crippen LogP contribution < -0.4 is 10.6 Å². The van der Waals surface area contributed by atoms with Crippen molar-refractivity contribution < 1.29 is 14.7 Å². The number of fused-ring (bicyclic) bond motifs is 1. The smallest absolute Gasteiger partial charge is 0.346 e. The van der Waals surface area contributed by atoms with Gasteiger partial charge in [-0.1, -0.05) is 0 Å². The highest BCUT2D eigenvalue weighted by molar-refractivity contribution is 7.20. The molecule has 0 aliphatic carbocycles. The molecule has 0 saturated carbocycles. The van der Waals surface area contributed by atoms with Crippen molar-refractivity contribution in [2.75, 3.05) is 11.9 Å². The van der Waals surface area contributed by atoms with Crippen LogP contribution >= 0.6 is 11.3 Å². The van der Waals surface area contributed by atoms with Crippen LogP contribution in [-0.2, 0) is 4.79 Å². The number of aryl methyl sites for hydroxylation is 1. The Morgan fingerprint density at radius 1 is 1.52 bits per heavy atom. The third-order valence-electron chi connectivity index (χ3n) is 3.52. The Bertz CT molecular complexity index is 728. The molecule has 3 rings (SSSR count). The summed E-state index contributed by atoms with van der Waals surface area (Å²) in [5.41, 5.74) is 0.627. The summed E-state index contributed by atoms with van der Waals surface area (Å²) in [5.74, 6) is -0.514.